The molecule has 8 heteroatoms. The highest BCUT2D eigenvalue weighted by Crippen LogP contribution is 2.03. The molecule has 0 aliphatic heterocycles. The van der Waals surface area contributed by atoms with Crippen molar-refractivity contribution in [2.45, 2.75) is 25.5 Å². The summed E-state index contributed by atoms with van der Waals surface area (Å²) in [6.45, 7) is -0.625. The van der Waals surface area contributed by atoms with Gasteiger partial charge in [-0.15, -0.1) is 0 Å². The molecule has 0 unspecified atom stereocenters. The zero-order valence-electron chi connectivity index (χ0n) is 11.8. The van der Waals surface area contributed by atoms with Gasteiger partial charge in [0.2, 0.25) is 0 Å². The third kappa shape index (κ3) is 10.4. The Hall–Kier alpha value is -2.45. The lowest BCUT2D eigenvalue weighted by atomic mass is 10.2. The van der Waals surface area contributed by atoms with Gasteiger partial charge in [-0.05, 0) is 12.0 Å². The Kier molecular flexibility index (Phi) is 9.98. The van der Waals surface area contributed by atoms with Crippen molar-refractivity contribution in [1.29, 1.82) is 0 Å². The van der Waals surface area contributed by atoms with E-state index in [2.05, 4.69) is 0 Å². The molecule has 0 amide bonds. The van der Waals surface area contributed by atoms with Crippen molar-refractivity contribution < 1.29 is 34.4 Å². The van der Waals surface area contributed by atoms with E-state index in [0.717, 1.165) is 5.56 Å². The van der Waals surface area contributed by atoms with Crippen molar-refractivity contribution in [1.82, 2.24) is 0 Å². The highest BCUT2D eigenvalue weighted by molar-refractivity contribution is 5.76. The average molecular weight is 313 g/mol. The summed E-state index contributed by atoms with van der Waals surface area (Å²) in [4.78, 5) is 30.8. The van der Waals surface area contributed by atoms with Gasteiger partial charge in [0, 0.05) is 6.42 Å². The molecule has 0 fully saturated rings. The Balaban J connectivity index is 0.000000763. The van der Waals surface area contributed by atoms with Gasteiger partial charge < -0.3 is 25.8 Å². The Morgan fingerprint density at radius 1 is 1.09 bits per heavy atom. The number of aliphatic hydroxyl groups is 1. The molecule has 1 atom stereocenters. The van der Waals surface area contributed by atoms with Gasteiger partial charge in [0.05, 0.1) is 0 Å². The van der Waals surface area contributed by atoms with Crippen molar-refractivity contribution in [3.05, 3.63) is 35.9 Å². The average Bonchev–Trinajstić information content (AvgIpc) is 2.51. The summed E-state index contributed by atoms with van der Waals surface area (Å²) < 4.78 is 4.97. The number of esters is 1. The van der Waals surface area contributed by atoms with Crippen LogP contribution in [-0.4, -0.2) is 45.9 Å². The van der Waals surface area contributed by atoms with Crippen LogP contribution in [0.5, 0.6) is 0 Å². The summed E-state index contributed by atoms with van der Waals surface area (Å²) >= 11 is 0. The zero-order chi connectivity index (χ0) is 17.0. The van der Waals surface area contributed by atoms with E-state index in [-0.39, 0.29) is 19.4 Å². The molecule has 0 aliphatic carbocycles. The summed E-state index contributed by atoms with van der Waals surface area (Å²) in [7, 11) is 0. The molecule has 5 N–H and O–H groups in total. The second kappa shape index (κ2) is 11.2. The Labute approximate surface area is 127 Å². The minimum Gasteiger partial charge on any atom is -0.481 e. The van der Waals surface area contributed by atoms with Crippen LogP contribution in [0.4, 0.5) is 0 Å². The number of carboxylic acid groups (broad SMARTS) is 2. The van der Waals surface area contributed by atoms with Crippen LogP contribution in [0.2, 0.25) is 0 Å². The van der Waals surface area contributed by atoms with Gasteiger partial charge in [0.15, 0.2) is 0 Å². The molecular formula is C14H19NO7. The molecule has 0 aromatic heterocycles. The predicted octanol–water partition coefficient (Wildman–Crippen LogP) is -0.0148. The van der Waals surface area contributed by atoms with Crippen LogP contribution < -0.4 is 5.73 Å². The third-order valence-electron chi connectivity index (χ3n) is 2.33. The third-order valence-corrected chi connectivity index (χ3v) is 2.33. The molecule has 0 radical (unpaired) electrons. The number of benzene rings is 1. The number of hydrogen-bond acceptors (Lipinski definition) is 6. The Morgan fingerprint density at radius 3 is 2.09 bits per heavy atom. The van der Waals surface area contributed by atoms with Crippen molar-refractivity contribution in [2.75, 3.05) is 6.61 Å². The minimum absolute atomic E-state index is 0.0863. The number of aliphatic carboxylic acids is 2. The first kappa shape index (κ1) is 19.6. The normalized spacial score (nSPS) is 10.8. The SMILES string of the molecule is N[C@@H](CCC(=O)O)C(=O)OCc1ccccc1.O=C(O)CO. The van der Waals surface area contributed by atoms with Crippen molar-refractivity contribution in [3.8, 4) is 0 Å². The molecule has 122 valence electrons. The van der Waals surface area contributed by atoms with E-state index in [1.807, 2.05) is 30.3 Å². The first-order chi connectivity index (χ1) is 10.4. The lowest BCUT2D eigenvalue weighted by Gasteiger charge is -2.10. The van der Waals surface area contributed by atoms with E-state index in [1.165, 1.54) is 0 Å². The smallest absolute Gasteiger partial charge is 0.329 e. The first-order valence-electron chi connectivity index (χ1n) is 6.37. The molecule has 0 heterocycles. The lowest BCUT2D eigenvalue weighted by Crippen LogP contribution is -2.32. The van der Waals surface area contributed by atoms with Gasteiger partial charge in [0.25, 0.3) is 0 Å². The van der Waals surface area contributed by atoms with Crippen LogP contribution in [-0.2, 0) is 25.7 Å². The quantitative estimate of drug-likeness (QED) is 0.514. The number of ether oxygens (including phenoxy) is 1. The fraction of sp³-hybridized carbons (Fsp3) is 0.357. The van der Waals surface area contributed by atoms with Crippen molar-refractivity contribution in [2.24, 2.45) is 5.73 Å². The van der Waals surface area contributed by atoms with E-state index >= 15 is 0 Å². The summed E-state index contributed by atoms with van der Waals surface area (Å²) in [5, 5.41) is 23.5. The van der Waals surface area contributed by atoms with Gasteiger partial charge in [0.1, 0.15) is 19.3 Å². The van der Waals surface area contributed by atoms with Crippen molar-refractivity contribution in [3.63, 3.8) is 0 Å². The van der Waals surface area contributed by atoms with Gasteiger partial charge in [-0.25, -0.2) is 4.79 Å². The van der Waals surface area contributed by atoms with Crippen LogP contribution in [0, 0.1) is 0 Å². The predicted molar refractivity (Wildman–Crippen MR) is 75.8 cm³/mol. The summed E-state index contributed by atoms with van der Waals surface area (Å²) in [6.07, 6.45) is -0.0510. The second-order valence-electron chi connectivity index (χ2n) is 4.18. The first-order valence-corrected chi connectivity index (χ1v) is 6.37. The van der Waals surface area contributed by atoms with Crippen LogP contribution in [0.25, 0.3) is 0 Å². The van der Waals surface area contributed by atoms with E-state index in [1.54, 1.807) is 0 Å². The molecule has 1 aromatic rings. The van der Waals surface area contributed by atoms with Crippen LogP contribution in [0.1, 0.15) is 18.4 Å². The molecule has 22 heavy (non-hydrogen) atoms. The van der Waals surface area contributed by atoms with Gasteiger partial charge >= 0.3 is 17.9 Å². The number of rotatable bonds is 7. The monoisotopic (exact) mass is 313 g/mol. The Morgan fingerprint density at radius 2 is 1.64 bits per heavy atom. The fourth-order valence-electron chi connectivity index (χ4n) is 1.23. The molecule has 1 aromatic carbocycles. The highest BCUT2D eigenvalue weighted by Gasteiger charge is 2.16. The van der Waals surface area contributed by atoms with E-state index in [0.29, 0.717) is 0 Å². The molecule has 0 aliphatic rings. The van der Waals surface area contributed by atoms with Crippen LogP contribution in [0.15, 0.2) is 30.3 Å². The van der Waals surface area contributed by atoms with E-state index in [4.69, 9.17) is 30.6 Å². The van der Waals surface area contributed by atoms with Crippen LogP contribution in [0.3, 0.4) is 0 Å². The topological polar surface area (TPSA) is 147 Å². The maximum absolute atomic E-state index is 11.4. The molecule has 0 saturated heterocycles. The molecule has 0 saturated carbocycles. The second-order valence-corrected chi connectivity index (χ2v) is 4.18. The van der Waals surface area contributed by atoms with E-state index in [9.17, 15) is 9.59 Å². The number of carbonyl (C=O) groups excluding carboxylic acids is 1. The maximum Gasteiger partial charge on any atom is 0.329 e. The lowest BCUT2D eigenvalue weighted by molar-refractivity contribution is -0.147. The molecule has 8 nitrogen and oxygen atoms in total. The van der Waals surface area contributed by atoms with Gasteiger partial charge in [-0.2, -0.15) is 0 Å². The summed E-state index contributed by atoms with van der Waals surface area (Å²) in [5.74, 6) is -2.74. The standard InChI is InChI=1S/C12H15NO4.C2H4O3/c13-10(6-7-11(14)15)12(16)17-8-9-4-2-1-3-5-9;3-1-2(4)5/h1-5,10H,6-8,13H2,(H,14,15);3H,1H2,(H,4,5)/t10-;/m0./s1. The van der Waals surface area contributed by atoms with E-state index < -0.39 is 30.6 Å². The fourth-order valence-corrected chi connectivity index (χ4v) is 1.23. The number of hydrogen-bond donors (Lipinski definition) is 4. The number of carbonyl (C=O) groups is 3. The molecule has 0 bridgehead atoms. The molecule has 1 rings (SSSR count). The summed E-state index contributed by atoms with van der Waals surface area (Å²) in [5.41, 5.74) is 6.36. The molecule has 0 spiro atoms. The molecular weight excluding hydrogens is 294 g/mol. The number of carboxylic acids is 2. The van der Waals surface area contributed by atoms with Crippen molar-refractivity contribution >= 4 is 17.9 Å². The number of nitrogens with two attached hydrogens (primary N) is 1. The highest BCUT2D eigenvalue weighted by atomic mass is 16.5. The zero-order valence-corrected chi connectivity index (χ0v) is 11.8. The minimum atomic E-state index is -1.19. The largest absolute Gasteiger partial charge is 0.481 e. The number of aliphatic hydroxyl groups excluding tert-OH is 1. The van der Waals surface area contributed by atoms with Gasteiger partial charge in [-0.1, -0.05) is 30.3 Å². The Bertz CT molecular complexity index is 475. The van der Waals surface area contributed by atoms with Gasteiger partial charge in [-0.3, -0.25) is 9.59 Å². The van der Waals surface area contributed by atoms with Crippen LogP contribution >= 0.6 is 0 Å². The summed E-state index contributed by atoms with van der Waals surface area (Å²) in [6, 6.07) is 8.33. The maximum atomic E-state index is 11.4.